The molecule has 2 unspecified atom stereocenters. The number of halogens is 2. The van der Waals surface area contributed by atoms with Crippen LogP contribution in [0.4, 0.5) is 8.78 Å². The quantitative estimate of drug-likeness (QED) is 0.809. The van der Waals surface area contributed by atoms with Gasteiger partial charge in [0.15, 0.2) is 0 Å². The minimum absolute atomic E-state index is 0.0774. The van der Waals surface area contributed by atoms with E-state index in [0.29, 0.717) is 19.6 Å². The van der Waals surface area contributed by atoms with Crippen LogP contribution in [0.2, 0.25) is 0 Å². The van der Waals surface area contributed by atoms with Crippen LogP contribution in [0, 0.1) is 11.6 Å². The van der Waals surface area contributed by atoms with Gasteiger partial charge in [0.25, 0.3) is 0 Å². The minimum Gasteiger partial charge on any atom is -0.349 e. The van der Waals surface area contributed by atoms with Gasteiger partial charge < -0.3 is 20.1 Å². The number of piperazine rings is 1. The topological polar surface area (TPSA) is 79.3 Å². The minimum atomic E-state index is -0.887. The molecule has 2 amide bonds. The van der Waals surface area contributed by atoms with Crippen molar-refractivity contribution in [1.82, 2.24) is 25.1 Å². The largest absolute Gasteiger partial charge is 0.349 e. The summed E-state index contributed by atoms with van der Waals surface area (Å²) in [6, 6.07) is 1.96. The number of carbonyl (C=O) groups excluding carboxylic acids is 2. The standard InChI is InChI=1S/C19H23F2N5O2/c1-12(27)24-16(14-4-3-13(20)9-15(14)21)10-18(28)26-8-5-22-11-17(26)19-23-6-7-25(19)2/h3-4,6-7,9,16-17,22H,5,8,10-11H2,1-2H3,(H,24,27). The van der Waals surface area contributed by atoms with Gasteiger partial charge in [0.1, 0.15) is 23.5 Å². The molecule has 1 aliphatic heterocycles. The van der Waals surface area contributed by atoms with Crippen molar-refractivity contribution in [3.05, 3.63) is 53.6 Å². The van der Waals surface area contributed by atoms with Crippen molar-refractivity contribution in [2.75, 3.05) is 19.6 Å². The first kappa shape index (κ1) is 19.9. The zero-order valence-corrected chi connectivity index (χ0v) is 15.8. The van der Waals surface area contributed by atoms with E-state index in [1.807, 2.05) is 11.6 Å². The molecule has 1 saturated heterocycles. The SMILES string of the molecule is CC(=O)NC(CC(=O)N1CCNCC1c1nccn1C)c1ccc(F)cc1F. The lowest BCUT2D eigenvalue weighted by molar-refractivity contribution is -0.135. The third kappa shape index (κ3) is 4.36. The Morgan fingerprint density at radius 2 is 2.18 bits per heavy atom. The first-order valence-electron chi connectivity index (χ1n) is 9.06. The summed E-state index contributed by atoms with van der Waals surface area (Å²) in [5.41, 5.74) is 0.0774. The van der Waals surface area contributed by atoms with E-state index in [1.165, 1.54) is 13.0 Å². The summed E-state index contributed by atoms with van der Waals surface area (Å²) in [5.74, 6) is -1.41. The Morgan fingerprint density at radius 1 is 1.39 bits per heavy atom. The number of benzene rings is 1. The molecule has 0 saturated carbocycles. The van der Waals surface area contributed by atoms with Gasteiger partial charge in [0.05, 0.1) is 12.5 Å². The average Bonchev–Trinajstić information content (AvgIpc) is 3.06. The highest BCUT2D eigenvalue weighted by atomic mass is 19.1. The number of aromatic nitrogens is 2. The monoisotopic (exact) mass is 391 g/mol. The van der Waals surface area contributed by atoms with Crippen LogP contribution in [0.5, 0.6) is 0 Å². The lowest BCUT2D eigenvalue weighted by Gasteiger charge is -2.36. The molecular formula is C19H23F2N5O2. The van der Waals surface area contributed by atoms with Gasteiger partial charge in [-0.3, -0.25) is 9.59 Å². The van der Waals surface area contributed by atoms with E-state index in [4.69, 9.17) is 0 Å². The Morgan fingerprint density at radius 3 is 2.82 bits per heavy atom. The van der Waals surface area contributed by atoms with Gasteiger partial charge in [-0.2, -0.15) is 0 Å². The van der Waals surface area contributed by atoms with Crippen LogP contribution in [0.1, 0.15) is 36.8 Å². The zero-order valence-electron chi connectivity index (χ0n) is 15.8. The number of rotatable bonds is 5. The van der Waals surface area contributed by atoms with E-state index in [1.54, 1.807) is 17.3 Å². The third-order valence-corrected chi connectivity index (χ3v) is 4.81. The molecule has 2 atom stereocenters. The number of nitrogens with zero attached hydrogens (tertiary/aromatic N) is 3. The summed E-state index contributed by atoms with van der Waals surface area (Å²) >= 11 is 0. The van der Waals surface area contributed by atoms with E-state index < -0.39 is 23.6 Å². The van der Waals surface area contributed by atoms with Crippen LogP contribution < -0.4 is 10.6 Å². The van der Waals surface area contributed by atoms with Gasteiger partial charge in [-0.1, -0.05) is 6.07 Å². The highest BCUT2D eigenvalue weighted by Gasteiger charge is 2.32. The second-order valence-electron chi connectivity index (χ2n) is 6.83. The van der Waals surface area contributed by atoms with Gasteiger partial charge >= 0.3 is 0 Å². The summed E-state index contributed by atoms with van der Waals surface area (Å²) in [4.78, 5) is 30.7. The number of hydrogen-bond acceptors (Lipinski definition) is 4. The maximum absolute atomic E-state index is 14.3. The molecule has 1 aromatic heterocycles. The van der Waals surface area contributed by atoms with Crippen LogP contribution in [0.3, 0.4) is 0 Å². The van der Waals surface area contributed by atoms with Crippen LogP contribution in [0.15, 0.2) is 30.6 Å². The Bertz CT molecular complexity index is 870. The molecule has 0 aliphatic carbocycles. The summed E-state index contributed by atoms with van der Waals surface area (Å²) in [7, 11) is 1.85. The van der Waals surface area contributed by atoms with E-state index in [0.717, 1.165) is 18.0 Å². The van der Waals surface area contributed by atoms with Crippen LogP contribution in [-0.4, -0.2) is 45.9 Å². The Balaban J connectivity index is 1.84. The lowest BCUT2D eigenvalue weighted by atomic mass is 10.0. The van der Waals surface area contributed by atoms with E-state index in [-0.39, 0.29) is 23.9 Å². The van der Waals surface area contributed by atoms with Crippen LogP contribution in [-0.2, 0) is 16.6 Å². The van der Waals surface area contributed by atoms with Crippen molar-refractivity contribution in [3.8, 4) is 0 Å². The third-order valence-electron chi connectivity index (χ3n) is 4.81. The molecule has 9 heteroatoms. The fourth-order valence-corrected chi connectivity index (χ4v) is 3.49. The highest BCUT2D eigenvalue weighted by molar-refractivity contribution is 5.79. The molecule has 1 fully saturated rings. The smallest absolute Gasteiger partial charge is 0.225 e. The molecule has 7 nitrogen and oxygen atoms in total. The summed E-state index contributed by atoms with van der Waals surface area (Å²) in [5, 5.41) is 5.85. The number of hydrogen-bond donors (Lipinski definition) is 2. The van der Waals surface area contributed by atoms with Gasteiger partial charge in [0, 0.05) is 57.6 Å². The second-order valence-corrected chi connectivity index (χ2v) is 6.83. The molecule has 0 spiro atoms. The molecule has 1 aliphatic rings. The number of carbonyl (C=O) groups is 2. The molecule has 0 bridgehead atoms. The summed E-state index contributed by atoms with van der Waals surface area (Å²) < 4.78 is 29.4. The Labute approximate surface area is 161 Å². The molecule has 0 radical (unpaired) electrons. The molecule has 2 aromatic rings. The fourth-order valence-electron chi connectivity index (χ4n) is 3.49. The number of imidazole rings is 1. The Kier molecular flexibility index (Phi) is 6.03. The first-order valence-corrected chi connectivity index (χ1v) is 9.06. The van der Waals surface area contributed by atoms with Crippen molar-refractivity contribution >= 4 is 11.8 Å². The first-order chi connectivity index (χ1) is 13.4. The molecule has 1 aromatic carbocycles. The van der Waals surface area contributed by atoms with Crippen molar-refractivity contribution in [3.63, 3.8) is 0 Å². The van der Waals surface area contributed by atoms with E-state index in [9.17, 15) is 18.4 Å². The van der Waals surface area contributed by atoms with Gasteiger partial charge in [-0.15, -0.1) is 0 Å². The van der Waals surface area contributed by atoms with Gasteiger partial charge in [-0.25, -0.2) is 13.8 Å². The van der Waals surface area contributed by atoms with Crippen molar-refractivity contribution in [2.24, 2.45) is 7.05 Å². The predicted octanol–water partition coefficient (Wildman–Crippen LogP) is 1.44. The normalized spacial score (nSPS) is 18.0. The Hall–Kier alpha value is -2.81. The summed E-state index contributed by atoms with van der Waals surface area (Å²) in [6.07, 6.45) is 3.34. The number of nitrogens with one attached hydrogen (secondary N) is 2. The molecule has 2 N–H and O–H groups in total. The maximum Gasteiger partial charge on any atom is 0.225 e. The molecular weight excluding hydrogens is 368 g/mol. The van der Waals surface area contributed by atoms with Gasteiger partial charge in [0.2, 0.25) is 11.8 Å². The van der Waals surface area contributed by atoms with Crippen molar-refractivity contribution < 1.29 is 18.4 Å². The fraction of sp³-hybridized carbons (Fsp3) is 0.421. The van der Waals surface area contributed by atoms with E-state index >= 15 is 0 Å². The molecule has 150 valence electrons. The molecule has 3 rings (SSSR count). The molecule has 2 heterocycles. The maximum atomic E-state index is 14.3. The average molecular weight is 391 g/mol. The van der Waals surface area contributed by atoms with E-state index in [2.05, 4.69) is 15.6 Å². The van der Waals surface area contributed by atoms with Crippen molar-refractivity contribution in [2.45, 2.75) is 25.4 Å². The number of aryl methyl sites for hydroxylation is 1. The second kappa shape index (κ2) is 8.47. The number of amides is 2. The summed E-state index contributed by atoms with van der Waals surface area (Å²) in [6.45, 7) is 2.93. The van der Waals surface area contributed by atoms with Gasteiger partial charge in [-0.05, 0) is 6.07 Å². The lowest BCUT2D eigenvalue weighted by Crippen LogP contribution is -2.50. The van der Waals surface area contributed by atoms with Crippen LogP contribution in [0.25, 0.3) is 0 Å². The van der Waals surface area contributed by atoms with Crippen molar-refractivity contribution in [1.29, 1.82) is 0 Å². The van der Waals surface area contributed by atoms with Crippen LogP contribution >= 0.6 is 0 Å². The zero-order chi connectivity index (χ0) is 20.3. The molecule has 28 heavy (non-hydrogen) atoms. The predicted molar refractivity (Wildman–Crippen MR) is 98.1 cm³/mol. The highest BCUT2D eigenvalue weighted by Crippen LogP contribution is 2.26.